The van der Waals surface area contributed by atoms with E-state index in [0.29, 0.717) is 31.9 Å². The Morgan fingerprint density at radius 2 is 1.67 bits per heavy atom. The predicted octanol–water partition coefficient (Wildman–Crippen LogP) is 2.98. The van der Waals surface area contributed by atoms with Gasteiger partial charge in [-0.1, -0.05) is 12.1 Å². The van der Waals surface area contributed by atoms with Gasteiger partial charge < -0.3 is 30.3 Å². The number of amidine groups is 1. The molecule has 226 valence electrons. The monoisotopic (exact) mass is 587 g/mol. The molecule has 2 unspecified atom stereocenters. The van der Waals surface area contributed by atoms with E-state index < -0.39 is 6.29 Å². The van der Waals surface area contributed by atoms with E-state index in [1.807, 2.05) is 17.3 Å². The number of benzene rings is 2. The van der Waals surface area contributed by atoms with Gasteiger partial charge in [0.15, 0.2) is 5.84 Å². The maximum absolute atomic E-state index is 13.8. The number of hydrogen-bond acceptors (Lipinski definition) is 9. The lowest BCUT2D eigenvalue weighted by molar-refractivity contribution is -0.130. The van der Waals surface area contributed by atoms with E-state index in [0.717, 1.165) is 61.9 Å². The smallest absolute Gasteiger partial charge is 0.241 e. The molecule has 0 bridgehead atoms. The quantitative estimate of drug-likeness (QED) is 0.406. The van der Waals surface area contributed by atoms with Gasteiger partial charge in [-0.25, -0.2) is 24.4 Å². The van der Waals surface area contributed by atoms with Crippen LogP contribution in [0.25, 0.3) is 0 Å². The van der Waals surface area contributed by atoms with Gasteiger partial charge in [0, 0.05) is 63.3 Å². The molecular weight excluding hydrogens is 549 g/mol. The third-order valence-corrected chi connectivity index (χ3v) is 8.67. The van der Waals surface area contributed by atoms with Crippen molar-refractivity contribution in [3.8, 4) is 0 Å². The molecule has 3 saturated heterocycles. The zero-order chi connectivity index (χ0) is 29.3. The van der Waals surface area contributed by atoms with Crippen molar-refractivity contribution >= 4 is 28.9 Å². The second-order valence-electron chi connectivity index (χ2n) is 11.5. The Hall–Kier alpha value is -4.13. The van der Waals surface area contributed by atoms with Crippen LogP contribution < -0.4 is 20.7 Å². The summed E-state index contributed by atoms with van der Waals surface area (Å²) in [5.74, 6) is 1.17. The van der Waals surface area contributed by atoms with Crippen LogP contribution >= 0.6 is 0 Å². The molecule has 4 aliphatic rings. The van der Waals surface area contributed by atoms with Crippen LogP contribution in [0.1, 0.15) is 30.0 Å². The number of ether oxygens (including phenoxy) is 1. The molecule has 7 rings (SSSR count). The Labute approximate surface area is 250 Å². The van der Waals surface area contributed by atoms with Gasteiger partial charge >= 0.3 is 0 Å². The van der Waals surface area contributed by atoms with Crippen molar-refractivity contribution in [1.82, 2.24) is 25.3 Å². The second kappa shape index (κ2) is 11.9. The molecule has 11 nitrogen and oxygen atoms in total. The number of nitrogens with zero attached hydrogens (tertiary/aromatic N) is 6. The summed E-state index contributed by atoms with van der Waals surface area (Å²) >= 11 is 0. The number of likely N-dealkylation sites (N-methyl/N-ethyl adjacent to an activating group) is 1. The first-order chi connectivity index (χ1) is 21.0. The van der Waals surface area contributed by atoms with Crippen LogP contribution in [0.3, 0.4) is 0 Å². The van der Waals surface area contributed by atoms with Crippen LogP contribution in [0.2, 0.25) is 0 Å². The Balaban J connectivity index is 1.22. The molecule has 3 fully saturated rings. The molecule has 3 N–H and O–H groups in total. The van der Waals surface area contributed by atoms with E-state index in [9.17, 15) is 9.18 Å². The summed E-state index contributed by atoms with van der Waals surface area (Å²) in [5.41, 5.74) is 7.34. The van der Waals surface area contributed by atoms with Crippen LogP contribution in [0, 0.1) is 5.82 Å². The van der Waals surface area contributed by atoms with Gasteiger partial charge in [0.1, 0.15) is 11.6 Å². The fourth-order valence-corrected chi connectivity index (χ4v) is 6.26. The van der Waals surface area contributed by atoms with E-state index in [4.69, 9.17) is 9.73 Å². The average molecular weight is 588 g/mol. The van der Waals surface area contributed by atoms with Crippen LogP contribution in [-0.2, 0) is 9.53 Å². The Morgan fingerprint density at radius 1 is 0.930 bits per heavy atom. The number of aromatic amines is 1. The largest absolute Gasteiger partial charge is 0.379 e. The number of rotatable bonds is 6. The van der Waals surface area contributed by atoms with E-state index in [1.54, 1.807) is 17.1 Å². The molecule has 4 aliphatic heterocycles. The zero-order valence-electron chi connectivity index (χ0n) is 24.4. The number of piperazine rings is 1. The van der Waals surface area contributed by atoms with E-state index in [1.165, 1.54) is 17.8 Å². The van der Waals surface area contributed by atoms with Gasteiger partial charge in [-0.15, -0.1) is 0 Å². The number of H-pyrrole nitrogens is 1. The van der Waals surface area contributed by atoms with Gasteiger partial charge in [0.2, 0.25) is 12.2 Å². The number of carbonyl (C=O) groups is 1. The Kier molecular flexibility index (Phi) is 7.64. The zero-order valence-corrected chi connectivity index (χ0v) is 24.4. The third-order valence-electron chi connectivity index (χ3n) is 8.67. The molecule has 1 amide bonds. The minimum Gasteiger partial charge on any atom is -0.379 e. The van der Waals surface area contributed by atoms with Crippen LogP contribution in [0.5, 0.6) is 0 Å². The summed E-state index contributed by atoms with van der Waals surface area (Å²) in [6, 6.07) is 16.6. The van der Waals surface area contributed by atoms with Gasteiger partial charge in [-0.05, 0) is 61.5 Å². The predicted molar refractivity (Wildman–Crippen MR) is 164 cm³/mol. The minimum atomic E-state index is -0.630. The first-order valence-electron chi connectivity index (χ1n) is 15.1. The van der Waals surface area contributed by atoms with Crippen LogP contribution in [0.4, 0.5) is 21.6 Å². The first-order valence-corrected chi connectivity index (χ1v) is 15.1. The van der Waals surface area contributed by atoms with Crippen LogP contribution in [0.15, 0.2) is 65.8 Å². The molecule has 0 radical (unpaired) electrons. The number of halogens is 1. The number of amides is 1. The summed E-state index contributed by atoms with van der Waals surface area (Å²) in [5, 5.41) is 9.42. The molecule has 0 spiro atoms. The lowest BCUT2D eigenvalue weighted by atomic mass is 10.1. The topological polar surface area (TPSA) is 94.7 Å². The first kappa shape index (κ1) is 27.7. The highest BCUT2D eigenvalue weighted by Gasteiger charge is 2.43. The summed E-state index contributed by atoms with van der Waals surface area (Å²) in [6.45, 7) is 6.86. The van der Waals surface area contributed by atoms with Gasteiger partial charge in [0.25, 0.3) is 0 Å². The lowest BCUT2D eigenvalue weighted by Gasteiger charge is -2.43. The normalized spacial score (nSPS) is 23.3. The molecule has 0 aliphatic carbocycles. The number of nitrogens with one attached hydrogen (secondary N) is 3. The summed E-state index contributed by atoms with van der Waals surface area (Å²) in [7, 11) is 2.16. The highest BCUT2D eigenvalue weighted by molar-refractivity contribution is 6.05. The molecule has 2 aromatic carbocycles. The number of fused-ring (bicyclic) bond motifs is 1. The van der Waals surface area contributed by atoms with Gasteiger partial charge in [0.05, 0.1) is 24.8 Å². The van der Waals surface area contributed by atoms with Crippen molar-refractivity contribution in [1.29, 1.82) is 0 Å². The number of carbonyl (C=O) groups excluding carboxylic acids is 1. The van der Waals surface area contributed by atoms with Crippen molar-refractivity contribution in [2.24, 2.45) is 4.99 Å². The molecule has 2 atom stereocenters. The minimum absolute atomic E-state index is 0.00752. The fourth-order valence-electron chi connectivity index (χ4n) is 6.26. The van der Waals surface area contributed by atoms with Gasteiger partial charge in [-0.3, -0.25) is 4.79 Å². The van der Waals surface area contributed by atoms with Crippen molar-refractivity contribution < 1.29 is 13.9 Å². The van der Waals surface area contributed by atoms with E-state index >= 15 is 0 Å². The van der Waals surface area contributed by atoms with Crippen molar-refractivity contribution in [3.05, 3.63) is 77.7 Å². The lowest BCUT2D eigenvalue weighted by Crippen LogP contribution is -2.57. The summed E-state index contributed by atoms with van der Waals surface area (Å²) in [6.07, 6.45) is 2.26. The van der Waals surface area contributed by atoms with Crippen LogP contribution in [-0.4, -0.2) is 97.5 Å². The standard InChI is InChI=1S/C31H38FN9O2/c1-37-14-16-38(17-15-37)25-8-6-24(7-9-25)34-31-35-29(36-39-18-20-43-21-19-39)26-12-13-33-30(26)41(31)40-27(10-11-28(40)42)22-2-4-23(32)5-3-22/h2-9,12-13,27,31,33-34H,10-11,14-21H2,1H3,(H,35,36). The average Bonchev–Trinajstić information content (AvgIpc) is 3.67. The Morgan fingerprint density at radius 3 is 2.42 bits per heavy atom. The third kappa shape index (κ3) is 5.65. The Bertz CT molecular complexity index is 1450. The SMILES string of the molecule is CN1CCN(c2ccc(NC3N=C(NN4CCOCC4)c4cc[nH]c4N3N3C(=O)CCC3c3ccc(F)cc3)cc2)CC1. The number of hydrazine groups is 2. The molecule has 12 heteroatoms. The molecule has 5 heterocycles. The number of aliphatic imine (C=N–C) groups is 1. The second-order valence-corrected chi connectivity index (χ2v) is 11.5. The number of aromatic nitrogens is 1. The number of hydrogen-bond donors (Lipinski definition) is 3. The molecule has 0 saturated carbocycles. The fraction of sp³-hybridized carbons (Fsp3) is 0.419. The highest BCUT2D eigenvalue weighted by atomic mass is 19.1. The van der Waals surface area contributed by atoms with Crippen molar-refractivity contribution in [2.75, 3.05) is 74.8 Å². The summed E-state index contributed by atoms with van der Waals surface area (Å²) in [4.78, 5) is 26.9. The maximum Gasteiger partial charge on any atom is 0.241 e. The maximum atomic E-state index is 13.8. The molecular formula is C31H38FN9O2. The van der Waals surface area contributed by atoms with Crippen molar-refractivity contribution in [2.45, 2.75) is 25.2 Å². The summed E-state index contributed by atoms with van der Waals surface area (Å²) < 4.78 is 19.4. The van der Waals surface area contributed by atoms with E-state index in [-0.39, 0.29) is 17.8 Å². The number of morpholine rings is 1. The van der Waals surface area contributed by atoms with Gasteiger partial charge in [-0.2, -0.15) is 0 Å². The molecule has 1 aromatic heterocycles. The number of anilines is 3. The van der Waals surface area contributed by atoms with E-state index in [2.05, 4.69) is 61.8 Å². The highest BCUT2D eigenvalue weighted by Crippen LogP contribution is 2.40. The van der Waals surface area contributed by atoms with Crippen molar-refractivity contribution in [3.63, 3.8) is 0 Å². The molecule has 43 heavy (non-hydrogen) atoms. The molecule has 3 aromatic rings.